The minimum Gasteiger partial charge on any atom is -0.469 e. The third-order valence-corrected chi connectivity index (χ3v) is 4.60. The van der Waals surface area contributed by atoms with Crippen molar-refractivity contribution in [3.63, 3.8) is 0 Å². The lowest BCUT2D eigenvalue weighted by atomic mass is 9.93. The second kappa shape index (κ2) is 8.51. The maximum absolute atomic E-state index is 12.1. The van der Waals surface area contributed by atoms with E-state index in [2.05, 4.69) is 17.4 Å². The number of hydrogen-bond donors (Lipinski definition) is 1. The number of likely N-dealkylation sites (tertiary alicyclic amines) is 1. The van der Waals surface area contributed by atoms with Gasteiger partial charge in [0.15, 0.2) is 0 Å². The van der Waals surface area contributed by atoms with E-state index in [0.29, 0.717) is 19.5 Å². The quantitative estimate of drug-likeness (QED) is 0.843. The van der Waals surface area contributed by atoms with Crippen molar-refractivity contribution in [1.82, 2.24) is 10.2 Å². The van der Waals surface area contributed by atoms with Crippen molar-refractivity contribution in [2.24, 2.45) is 0 Å². The van der Waals surface area contributed by atoms with Gasteiger partial charge in [-0.25, -0.2) is 0 Å². The van der Waals surface area contributed by atoms with Gasteiger partial charge in [0, 0.05) is 25.4 Å². The van der Waals surface area contributed by atoms with E-state index in [0.717, 1.165) is 30.6 Å². The molecule has 0 saturated carbocycles. The van der Waals surface area contributed by atoms with Crippen molar-refractivity contribution >= 4 is 11.8 Å². The molecular formula is C20H24N2O3. The van der Waals surface area contributed by atoms with Crippen LogP contribution >= 0.6 is 0 Å². The Morgan fingerprint density at radius 3 is 2.72 bits per heavy atom. The van der Waals surface area contributed by atoms with Gasteiger partial charge in [0.1, 0.15) is 5.76 Å². The molecule has 5 heteroatoms. The number of nitrogens with one attached hydrogen (secondary N) is 1. The van der Waals surface area contributed by atoms with Crippen LogP contribution in [0.5, 0.6) is 0 Å². The number of amides is 2. The van der Waals surface area contributed by atoms with Crippen LogP contribution in [-0.4, -0.2) is 36.3 Å². The molecule has 1 atom stereocenters. The molecule has 2 amide bonds. The minimum atomic E-state index is -0.0958. The van der Waals surface area contributed by atoms with Crippen molar-refractivity contribution in [1.29, 1.82) is 0 Å². The number of carbonyl (C=O) groups excluding carboxylic acids is 2. The van der Waals surface area contributed by atoms with Crippen molar-refractivity contribution in [3.8, 4) is 0 Å². The molecule has 1 aliphatic rings. The molecular weight excluding hydrogens is 316 g/mol. The molecule has 1 fully saturated rings. The Morgan fingerprint density at radius 1 is 1.16 bits per heavy atom. The smallest absolute Gasteiger partial charge is 0.239 e. The minimum absolute atomic E-state index is 0.0825. The van der Waals surface area contributed by atoms with Crippen LogP contribution in [0, 0.1) is 0 Å². The lowest BCUT2D eigenvalue weighted by molar-refractivity contribution is -0.137. The van der Waals surface area contributed by atoms with Gasteiger partial charge in [0.25, 0.3) is 0 Å². The van der Waals surface area contributed by atoms with Gasteiger partial charge < -0.3 is 14.6 Å². The van der Waals surface area contributed by atoms with Gasteiger partial charge in [-0.1, -0.05) is 30.3 Å². The van der Waals surface area contributed by atoms with Gasteiger partial charge in [0.2, 0.25) is 11.8 Å². The highest BCUT2D eigenvalue weighted by Gasteiger charge is 2.21. The first kappa shape index (κ1) is 17.3. The van der Waals surface area contributed by atoms with Crippen molar-refractivity contribution < 1.29 is 14.0 Å². The van der Waals surface area contributed by atoms with Gasteiger partial charge in [0.05, 0.1) is 12.8 Å². The molecule has 0 spiro atoms. The zero-order valence-electron chi connectivity index (χ0n) is 14.3. The number of benzene rings is 1. The van der Waals surface area contributed by atoms with Crippen LogP contribution in [0.25, 0.3) is 0 Å². The molecule has 0 bridgehead atoms. The van der Waals surface area contributed by atoms with E-state index in [-0.39, 0.29) is 24.3 Å². The zero-order valence-corrected chi connectivity index (χ0v) is 14.3. The Balaban J connectivity index is 1.53. The molecule has 132 valence electrons. The largest absolute Gasteiger partial charge is 0.469 e. The fourth-order valence-corrected chi connectivity index (χ4v) is 3.26. The second-order valence-electron chi connectivity index (χ2n) is 6.39. The molecule has 25 heavy (non-hydrogen) atoms. The van der Waals surface area contributed by atoms with Gasteiger partial charge in [-0.05, 0) is 37.0 Å². The Labute approximate surface area is 148 Å². The molecule has 2 heterocycles. The molecule has 1 aromatic heterocycles. The average molecular weight is 340 g/mol. The van der Waals surface area contributed by atoms with E-state index in [1.807, 2.05) is 30.3 Å². The predicted octanol–water partition coefficient (Wildman–Crippen LogP) is 2.93. The van der Waals surface area contributed by atoms with Crippen LogP contribution in [0.2, 0.25) is 0 Å². The third-order valence-electron chi connectivity index (χ3n) is 4.60. The first-order chi connectivity index (χ1) is 12.2. The SMILES string of the molecule is O=C(CN1CCCCC1=O)NCCC(c1ccccc1)c1ccco1. The van der Waals surface area contributed by atoms with Crippen LogP contribution in [-0.2, 0) is 9.59 Å². The normalized spacial score (nSPS) is 15.8. The average Bonchev–Trinajstić information content (AvgIpc) is 3.16. The Hall–Kier alpha value is -2.56. The summed E-state index contributed by atoms with van der Waals surface area (Å²) in [6.07, 6.45) is 4.89. The van der Waals surface area contributed by atoms with Crippen LogP contribution in [0.4, 0.5) is 0 Å². The summed E-state index contributed by atoms with van der Waals surface area (Å²) >= 11 is 0. The number of rotatable bonds is 7. The van der Waals surface area contributed by atoms with E-state index in [1.165, 1.54) is 0 Å². The van der Waals surface area contributed by atoms with Gasteiger partial charge in [-0.3, -0.25) is 9.59 Å². The summed E-state index contributed by atoms with van der Waals surface area (Å²) < 4.78 is 5.58. The Kier molecular flexibility index (Phi) is 5.88. The van der Waals surface area contributed by atoms with Gasteiger partial charge in [-0.15, -0.1) is 0 Å². The fourth-order valence-electron chi connectivity index (χ4n) is 3.26. The monoisotopic (exact) mass is 340 g/mol. The lowest BCUT2D eigenvalue weighted by Crippen LogP contribution is -2.43. The summed E-state index contributed by atoms with van der Waals surface area (Å²) in [7, 11) is 0. The molecule has 2 aromatic rings. The summed E-state index contributed by atoms with van der Waals surface area (Å²) in [5.41, 5.74) is 1.16. The summed E-state index contributed by atoms with van der Waals surface area (Å²) in [4.78, 5) is 25.6. The van der Waals surface area contributed by atoms with Gasteiger partial charge >= 0.3 is 0 Å². The zero-order chi connectivity index (χ0) is 17.5. The van der Waals surface area contributed by atoms with E-state index >= 15 is 0 Å². The Morgan fingerprint density at radius 2 is 2.00 bits per heavy atom. The second-order valence-corrected chi connectivity index (χ2v) is 6.39. The third kappa shape index (κ3) is 4.72. The van der Waals surface area contributed by atoms with E-state index < -0.39 is 0 Å². The number of carbonyl (C=O) groups is 2. The molecule has 1 saturated heterocycles. The number of furan rings is 1. The van der Waals surface area contributed by atoms with E-state index in [9.17, 15) is 9.59 Å². The van der Waals surface area contributed by atoms with Crippen LogP contribution in [0.3, 0.4) is 0 Å². The standard InChI is InChI=1S/C20H24N2O3/c23-19(15-22-13-5-4-10-20(22)24)21-12-11-17(18-9-6-14-25-18)16-7-2-1-3-8-16/h1-3,6-9,14,17H,4-5,10-13,15H2,(H,21,23). The molecule has 1 unspecified atom stereocenters. The molecule has 0 aliphatic carbocycles. The summed E-state index contributed by atoms with van der Waals surface area (Å²) in [6, 6.07) is 14.0. The summed E-state index contributed by atoms with van der Waals surface area (Å²) in [6.45, 7) is 1.39. The first-order valence-corrected chi connectivity index (χ1v) is 8.87. The molecule has 1 aromatic carbocycles. The van der Waals surface area contributed by atoms with Crippen LogP contribution in [0.15, 0.2) is 53.1 Å². The maximum Gasteiger partial charge on any atom is 0.239 e. The predicted molar refractivity (Wildman–Crippen MR) is 95.1 cm³/mol. The molecule has 3 rings (SSSR count). The topological polar surface area (TPSA) is 62.6 Å². The number of nitrogens with zero attached hydrogens (tertiary/aromatic N) is 1. The fraction of sp³-hybridized carbons (Fsp3) is 0.400. The highest BCUT2D eigenvalue weighted by Crippen LogP contribution is 2.27. The highest BCUT2D eigenvalue weighted by molar-refractivity contribution is 5.85. The Bertz CT molecular complexity index is 682. The number of piperidine rings is 1. The molecule has 1 aliphatic heterocycles. The first-order valence-electron chi connectivity index (χ1n) is 8.87. The maximum atomic E-state index is 12.1. The summed E-state index contributed by atoms with van der Waals surface area (Å²) in [5, 5.41) is 2.94. The lowest BCUT2D eigenvalue weighted by Gasteiger charge is -2.26. The molecule has 0 radical (unpaired) electrons. The van der Waals surface area contributed by atoms with Crippen molar-refractivity contribution in [2.45, 2.75) is 31.6 Å². The van der Waals surface area contributed by atoms with Crippen LogP contribution < -0.4 is 5.32 Å². The summed E-state index contributed by atoms with van der Waals surface area (Å²) in [5.74, 6) is 0.987. The van der Waals surface area contributed by atoms with Crippen LogP contribution in [0.1, 0.15) is 42.9 Å². The van der Waals surface area contributed by atoms with E-state index in [1.54, 1.807) is 11.2 Å². The van der Waals surface area contributed by atoms with Crippen molar-refractivity contribution in [3.05, 3.63) is 60.1 Å². The highest BCUT2D eigenvalue weighted by atomic mass is 16.3. The van der Waals surface area contributed by atoms with Gasteiger partial charge in [-0.2, -0.15) is 0 Å². The molecule has 1 N–H and O–H groups in total. The number of hydrogen-bond acceptors (Lipinski definition) is 3. The molecule has 5 nitrogen and oxygen atoms in total. The van der Waals surface area contributed by atoms with E-state index in [4.69, 9.17) is 4.42 Å². The van der Waals surface area contributed by atoms with Crippen molar-refractivity contribution in [2.75, 3.05) is 19.6 Å².